The molecule has 0 saturated carbocycles. The number of hydrogen-bond donors (Lipinski definition) is 1. The van der Waals surface area contributed by atoms with E-state index in [0.717, 1.165) is 34.7 Å². The predicted octanol–water partition coefficient (Wildman–Crippen LogP) is 2.27. The Morgan fingerprint density at radius 3 is 2.79 bits per heavy atom. The minimum atomic E-state index is 0.527. The summed E-state index contributed by atoms with van der Waals surface area (Å²) in [5, 5.41) is 0. The van der Waals surface area contributed by atoms with Crippen molar-refractivity contribution in [3.05, 3.63) is 42.0 Å². The van der Waals surface area contributed by atoms with Crippen molar-refractivity contribution >= 4 is 16.9 Å². The summed E-state index contributed by atoms with van der Waals surface area (Å²) in [5.41, 5.74) is 8.80. The Labute approximate surface area is 111 Å². The van der Waals surface area contributed by atoms with Crippen LogP contribution in [-0.2, 0) is 6.42 Å². The molecule has 2 heterocycles. The summed E-state index contributed by atoms with van der Waals surface area (Å²) in [6, 6.07) is 7.96. The van der Waals surface area contributed by atoms with Crippen LogP contribution < -0.4 is 5.73 Å². The van der Waals surface area contributed by atoms with Crippen molar-refractivity contribution in [2.45, 2.75) is 20.3 Å². The highest BCUT2D eigenvalue weighted by molar-refractivity contribution is 5.77. The van der Waals surface area contributed by atoms with E-state index >= 15 is 0 Å². The highest BCUT2D eigenvalue weighted by Gasteiger charge is 2.12. The monoisotopic (exact) mass is 253 g/mol. The van der Waals surface area contributed by atoms with Crippen LogP contribution in [0.5, 0.6) is 0 Å². The van der Waals surface area contributed by atoms with E-state index in [9.17, 15) is 0 Å². The summed E-state index contributed by atoms with van der Waals surface area (Å²) in [7, 11) is 0. The van der Waals surface area contributed by atoms with Crippen LogP contribution in [0.3, 0.4) is 0 Å². The fraction of sp³-hybridized carbons (Fsp3) is 0.214. The fourth-order valence-electron chi connectivity index (χ4n) is 2.09. The lowest BCUT2D eigenvalue weighted by atomic mass is 10.2. The second kappa shape index (κ2) is 4.35. The summed E-state index contributed by atoms with van der Waals surface area (Å²) < 4.78 is 1.96. The van der Waals surface area contributed by atoms with Gasteiger partial charge in [0.1, 0.15) is 23.8 Å². The van der Waals surface area contributed by atoms with Gasteiger partial charge >= 0.3 is 0 Å². The molecule has 96 valence electrons. The Kier molecular flexibility index (Phi) is 2.67. The Bertz CT molecular complexity index is 745. The van der Waals surface area contributed by atoms with E-state index in [4.69, 9.17) is 5.73 Å². The molecule has 1 aromatic carbocycles. The van der Waals surface area contributed by atoms with Gasteiger partial charge in [0.15, 0.2) is 0 Å². The molecular weight excluding hydrogens is 238 g/mol. The number of hydrogen-bond acceptors (Lipinski definition) is 4. The van der Waals surface area contributed by atoms with Gasteiger partial charge in [-0.15, -0.1) is 0 Å². The van der Waals surface area contributed by atoms with E-state index < -0.39 is 0 Å². The van der Waals surface area contributed by atoms with E-state index in [1.165, 1.54) is 0 Å². The molecule has 0 bridgehead atoms. The number of aryl methyl sites for hydroxylation is 1. The molecule has 3 rings (SSSR count). The lowest BCUT2D eigenvalue weighted by Gasteiger charge is -2.10. The zero-order chi connectivity index (χ0) is 13.4. The van der Waals surface area contributed by atoms with Crippen LogP contribution in [0.25, 0.3) is 16.9 Å². The second-order valence-electron chi connectivity index (χ2n) is 4.43. The summed E-state index contributed by atoms with van der Waals surface area (Å²) in [4.78, 5) is 13.2. The predicted molar refractivity (Wildman–Crippen MR) is 75.2 cm³/mol. The van der Waals surface area contributed by atoms with Crippen molar-refractivity contribution in [3.63, 3.8) is 0 Å². The van der Waals surface area contributed by atoms with Gasteiger partial charge in [0.05, 0.1) is 11.0 Å². The minimum Gasteiger partial charge on any atom is -0.383 e. The van der Waals surface area contributed by atoms with E-state index in [0.29, 0.717) is 5.82 Å². The highest BCUT2D eigenvalue weighted by atomic mass is 15.1. The number of anilines is 1. The molecule has 2 N–H and O–H groups in total. The summed E-state index contributed by atoms with van der Waals surface area (Å²) >= 11 is 0. The largest absolute Gasteiger partial charge is 0.383 e. The number of nitrogen functional groups attached to an aromatic ring is 1. The summed E-state index contributed by atoms with van der Waals surface area (Å²) in [6.45, 7) is 3.94. The smallest absolute Gasteiger partial charge is 0.147 e. The average molecular weight is 253 g/mol. The van der Waals surface area contributed by atoms with Crippen molar-refractivity contribution in [3.8, 4) is 5.82 Å². The van der Waals surface area contributed by atoms with Gasteiger partial charge in [0.25, 0.3) is 0 Å². The lowest BCUT2D eigenvalue weighted by Crippen LogP contribution is -2.08. The number of nitrogens with two attached hydrogens (primary N) is 1. The first kappa shape index (κ1) is 11.6. The maximum absolute atomic E-state index is 5.96. The molecule has 0 spiro atoms. The van der Waals surface area contributed by atoms with Gasteiger partial charge in [-0.25, -0.2) is 15.0 Å². The third-order valence-corrected chi connectivity index (χ3v) is 3.20. The van der Waals surface area contributed by atoms with Crippen LogP contribution in [-0.4, -0.2) is 19.5 Å². The van der Waals surface area contributed by atoms with Crippen molar-refractivity contribution in [2.24, 2.45) is 0 Å². The Balaban J connectivity index is 2.29. The fourth-order valence-corrected chi connectivity index (χ4v) is 2.09. The third-order valence-electron chi connectivity index (χ3n) is 3.20. The van der Waals surface area contributed by atoms with E-state index in [2.05, 4.69) is 15.0 Å². The van der Waals surface area contributed by atoms with Crippen LogP contribution in [0, 0.1) is 6.92 Å². The molecule has 5 heteroatoms. The number of fused-ring (bicyclic) bond motifs is 1. The Morgan fingerprint density at radius 1 is 1.21 bits per heavy atom. The maximum atomic E-state index is 5.96. The number of para-hydroxylation sites is 2. The van der Waals surface area contributed by atoms with Crippen molar-refractivity contribution in [2.75, 3.05) is 5.73 Å². The number of nitrogens with zero attached hydrogens (tertiary/aromatic N) is 4. The molecule has 0 unspecified atom stereocenters. The molecule has 0 fully saturated rings. The topological polar surface area (TPSA) is 69.6 Å². The van der Waals surface area contributed by atoms with Crippen LogP contribution in [0.15, 0.2) is 30.6 Å². The molecule has 5 nitrogen and oxygen atoms in total. The first-order valence-electron chi connectivity index (χ1n) is 6.26. The molecule has 0 aliphatic rings. The zero-order valence-electron chi connectivity index (χ0n) is 11.0. The number of aromatic nitrogens is 4. The molecule has 3 aromatic rings. The average Bonchev–Trinajstić information content (AvgIpc) is 2.85. The SMILES string of the molecule is CCc1nc(N)c(C)c(-n2cnc3ccccc32)n1. The Hall–Kier alpha value is -2.43. The minimum absolute atomic E-state index is 0.527. The molecule has 0 saturated heterocycles. The third kappa shape index (κ3) is 1.83. The number of benzene rings is 1. The second-order valence-corrected chi connectivity index (χ2v) is 4.43. The van der Waals surface area contributed by atoms with E-state index in [-0.39, 0.29) is 0 Å². The zero-order valence-corrected chi connectivity index (χ0v) is 11.0. The van der Waals surface area contributed by atoms with Crippen molar-refractivity contribution in [1.29, 1.82) is 0 Å². The Morgan fingerprint density at radius 2 is 2.00 bits per heavy atom. The van der Waals surface area contributed by atoms with Gasteiger partial charge < -0.3 is 5.73 Å². The van der Waals surface area contributed by atoms with Gasteiger partial charge in [-0.2, -0.15) is 0 Å². The molecular formula is C14H15N5. The van der Waals surface area contributed by atoms with Crippen LogP contribution in [0.4, 0.5) is 5.82 Å². The normalized spacial score (nSPS) is 11.1. The molecule has 2 aromatic heterocycles. The van der Waals surface area contributed by atoms with E-state index in [1.807, 2.05) is 42.7 Å². The molecule has 0 amide bonds. The van der Waals surface area contributed by atoms with E-state index in [1.54, 1.807) is 6.33 Å². The van der Waals surface area contributed by atoms with Gasteiger partial charge in [-0.1, -0.05) is 19.1 Å². The number of rotatable bonds is 2. The maximum Gasteiger partial charge on any atom is 0.147 e. The molecule has 0 atom stereocenters. The first-order valence-corrected chi connectivity index (χ1v) is 6.26. The quantitative estimate of drug-likeness (QED) is 0.760. The summed E-state index contributed by atoms with van der Waals surface area (Å²) in [6.07, 6.45) is 2.53. The highest BCUT2D eigenvalue weighted by Crippen LogP contribution is 2.21. The molecule has 0 radical (unpaired) electrons. The standard InChI is InChI=1S/C14H15N5/c1-3-12-17-13(15)9(2)14(18-12)19-8-16-10-6-4-5-7-11(10)19/h4-8H,3H2,1-2H3,(H2,15,17,18). The molecule has 0 aliphatic carbocycles. The van der Waals surface area contributed by atoms with Gasteiger partial charge in [-0.3, -0.25) is 4.57 Å². The number of imidazole rings is 1. The van der Waals surface area contributed by atoms with Crippen LogP contribution >= 0.6 is 0 Å². The lowest BCUT2D eigenvalue weighted by molar-refractivity contribution is 0.888. The first-order chi connectivity index (χ1) is 9.20. The van der Waals surface area contributed by atoms with Gasteiger partial charge in [0, 0.05) is 12.0 Å². The van der Waals surface area contributed by atoms with Crippen molar-refractivity contribution in [1.82, 2.24) is 19.5 Å². The van der Waals surface area contributed by atoms with Crippen LogP contribution in [0.2, 0.25) is 0 Å². The molecule has 19 heavy (non-hydrogen) atoms. The van der Waals surface area contributed by atoms with Crippen LogP contribution in [0.1, 0.15) is 18.3 Å². The molecule has 0 aliphatic heterocycles. The summed E-state index contributed by atoms with van der Waals surface area (Å²) in [5.74, 6) is 2.08. The van der Waals surface area contributed by atoms with Crippen molar-refractivity contribution < 1.29 is 0 Å². The van der Waals surface area contributed by atoms with Gasteiger partial charge in [0.2, 0.25) is 0 Å². The van der Waals surface area contributed by atoms with Gasteiger partial charge in [-0.05, 0) is 19.1 Å².